The highest BCUT2D eigenvalue weighted by Crippen LogP contribution is 2.44. The molecule has 1 rings (SSSR count). The second kappa shape index (κ2) is 6.92. The zero-order valence-electron chi connectivity index (χ0n) is 14.2. The van der Waals surface area contributed by atoms with Gasteiger partial charge in [-0.05, 0) is 26.2 Å². The Labute approximate surface area is 128 Å². The first-order valence-corrected chi connectivity index (χ1v) is 7.90. The van der Waals surface area contributed by atoms with Crippen LogP contribution in [0, 0.1) is 11.3 Å². The van der Waals surface area contributed by atoms with E-state index in [1.54, 1.807) is 0 Å². The molecule has 0 bridgehead atoms. The molecular formula is C16H32O5. The molecule has 126 valence electrons. The Balaban J connectivity index is 3.01. The maximum Gasteiger partial charge on any atom is 0.187 e. The van der Waals surface area contributed by atoms with Crippen LogP contribution in [0.3, 0.4) is 0 Å². The first kappa shape index (κ1) is 18.8. The van der Waals surface area contributed by atoms with Crippen molar-refractivity contribution in [2.24, 2.45) is 11.3 Å². The van der Waals surface area contributed by atoms with Crippen LogP contribution in [0.2, 0.25) is 0 Å². The second-order valence-corrected chi connectivity index (χ2v) is 7.32. The molecule has 0 radical (unpaired) electrons. The molecule has 21 heavy (non-hydrogen) atoms. The van der Waals surface area contributed by atoms with E-state index < -0.39 is 30.2 Å². The summed E-state index contributed by atoms with van der Waals surface area (Å²) in [5.41, 5.74) is -0.711. The molecule has 5 nitrogen and oxygen atoms in total. The van der Waals surface area contributed by atoms with Crippen LogP contribution in [0.4, 0.5) is 0 Å². The summed E-state index contributed by atoms with van der Waals surface area (Å²) in [6.45, 7) is 11.5. The van der Waals surface area contributed by atoms with Crippen LogP contribution < -0.4 is 0 Å². The summed E-state index contributed by atoms with van der Waals surface area (Å²) in [6.07, 6.45) is -1.89. The molecule has 0 saturated carbocycles. The van der Waals surface area contributed by atoms with Gasteiger partial charge in [-0.25, -0.2) is 0 Å². The average Bonchev–Trinajstić information content (AvgIpc) is 2.41. The Hall–Kier alpha value is -0.200. The Morgan fingerprint density at radius 3 is 1.90 bits per heavy atom. The molecule has 0 aromatic heterocycles. The molecule has 1 heterocycles. The molecule has 1 aliphatic rings. The van der Waals surface area contributed by atoms with Gasteiger partial charge in [0.15, 0.2) is 6.29 Å². The molecule has 5 heteroatoms. The summed E-state index contributed by atoms with van der Waals surface area (Å²) in [5.74, 6) is -0.327. The maximum atomic E-state index is 10.6. The van der Waals surface area contributed by atoms with Gasteiger partial charge in [0.1, 0.15) is 6.10 Å². The third-order valence-electron chi connectivity index (χ3n) is 4.78. The van der Waals surface area contributed by atoms with Crippen LogP contribution in [-0.4, -0.2) is 52.1 Å². The highest BCUT2D eigenvalue weighted by atomic mass is 16.7. The van der Waals surface area contributed by atoms with Crippen molar-refractivity contribution in [1.29, 1.82) is 0 Å². The van der Waals surface area contributed by atoms with E-state index in [9.17, 15) is 15.3 Å². The fourth-order valence-electron chi connectivity index (χ4n) is 3.12. The third-order valence-corrected chi connectivity index (χ3v) is 4.78. The van der Waals surface area contributed by atoms with Crippen LogP contribution in [0.5, 0.6) is 0 Å². The zero-order valence-corrected chi connectivity index (χ0v) is 14.2. The Morgan fingerprint density at radius 2 is 1.52 bits per heavy atom. The predicted molar refractivity (Wildman–Crippen MR) is 80.8 cm³/mol. The molecular weight excluding hydrogens is 272 g/mol. The lowest BCUT2D eigenvalue weighted by Gasteiger charge is -2.50. The van der Waals surface area contributed by atoms with Crippen molar-refractivity contribution < 1.29 is 24.8 Å². The van der Waals surface area contributed by atoms with E-state index in [1.807, 2.05) is 20.8 Å². The van der Waals surface area contributed by atoms with Crippen LogP contribution in [-0.2, 0) is 9.47 Å². The monoisotopic (exact) mass is 304 g/mol. The van der Waals surface area contributed by atoms with E-state index in [2.05, 4.69) is 20.8 Å². The molecule has 5 atom stereocenters. The molecule has 1 aliphatic heterocycles. The average molecular weight is 304 g/mol. The van der Waals surface area contributed by atoms with Gasteiger partial charge in [0.25, 0.3) is 0 Å². The van der Waals surface area contributed by atoms with Crippen molar-refractivity contribution in [2.45, 2.75) is 84.6 Å². The third kappa shape index (κ3) is 4.17. The molecule has 3 N–H and O–H groups in total. The van der Waals surface area contributed by atoms with Crippen molar-refractivity contribution >= 4 is 0 Å². The fourth-order valence-corrected chi connectivity index (χ4v) is 3.12. The lowest BCUT2D eigenvalue weighted by molar-refractivity contribution is -0.323. The normalized spacial score (nSPS) is 35.0. The number of hydrogen-bond acceptors (Lipinski definition) is 5. The molecule has 5 unspecified atom stereocenters. The van der Waals surface area contributed by atoms with Gasteiger partial charge in [-0.3, -0.25) is 0 Å². The summed E-state index contributed by atoms with van der Waals surface area (Å²) in [4.78, 5) is 0. The van der Waals surface area contributed by atoms with E-state index >= 15 is 0 Å². The molecule has 1 fully saturated rings. The minimum absolute atomic E-state index is 0.200. The van der Waals surface area contributed by atoms with Crippen LogP contribution in [0.25, 0.3) is 0 Å². The van der Waals surface area contributed by atoms with E-state index in [1.165, 1.54) is 0 Å². The molecule has 1 saturated heterocycles. The highest BCUT2D eigenvalue weighted by Gasteiger charge is 2.51. The van der Waals surface area contributed by atoms with E-state index in [-0.39, 0.29) is 17.9 Å². The molecule has 0 aromatic rings. The number of ether oxygens (including phenoxy) is 2. The number of hydrogen-bond donors (Lipinski definition) is 3. The van der Waals surface area contributed by atoms with Crippen molar-refractivity contribution in [3.63, 3.8) is 0 Å². The first-order valence-electron chi connectivity index (χ1n) is 7.90. The topological polar surface area (TPSA) is 79.2 Å². The highest BCUT2D eigenvalue weighted by molar-refractivity contribution is 4.97. The standard InChI is InChI=1S/C16H32O5/c1-7-16(6,8-2)11-10(9-17)20-14(13(19)12(11)18)21-15(3,4)5/h10-14,17-19H,7-9H2,1-6H3. The Bertz CT molecular complexity index is 319. The minimum Gasteiger partial charge on any atom is -0.394 e. The zero-order chi connectivity index (χ0) is 16.4. The van der Waals surface area contributed by atoms with Gasteiger partial charge < -0.3 is 24.8 Å². The van der Waals surface area contributed by atoms with Gasteiger partial charge in [-0.2, -0.15) is 0 Å². The lowest BCUT2D eigenvalue weighted by atomic mass is 9.66. The second-order valence-electron chi connectivity index (χ2n) is 7.32. The maximum absolute atomic E-state index is 10.6. The number of aliphatic hydroxyl groups excluding tert-OH is 3. The first-order chi connectivity index (χ1) is 9.59. The van der Waals surface area contributed by atoms with Crippen LogP contribution >= 0.6 is 0 Å². The molecule has 0 spiro atoms. The van der Waals surface area contributed by atoms with Gasteiger partial charge in [0.05, 0.1) is 24.4 Å². The summed E-state index contributed by atoms with van der Waals surface area (Å²) >= 11 is 0. The number of rotatable bonds is 5. The van der Waals surface area contributed by atoms with Crippen molar-refractivity contribution in [1.82, 2.24) is 0 Å². The SMILES string of the molecule is CCC(C)(CC)C1C(CO)OC(OC(C)(C)C)C(O)C1O. The summed E-state index contributed by atoms with van der Waals surface area (Å²) in [7, 11) is 0. The van der Waals surface area contributed by atoms with E-state index in [0.717, 1.165) is 12.8 Å². The predicted octanol–water partition coefficient (Wildman–Crippen LogP) is 1.68. The van der Waals surface area contributed by atoms with E-state index in [4.69, 9.17) is 9.47 Å². The molecule has 0 amide bonds. The largest absolute Gasteiger partial charge is 0.394 e. The lowest BCUT2D eigenvalue weighted by Crippen LogP contribution is -2.61. The Kier molecular flexibility index (Phi) is 6.21. The summed E-state index contributed by atoms with van der Waals surface area (Å²) < 4.78 is 11.5. The minimum atomic E-state index is -1.12. The van der Waals surface area contributed by atoms with Gasteiger partial charge in [-0.15, -0.1) is 0 Å². The Morgan fingerprint density at radius 1 is 1.00 bits per heavy atom. The van der Waals surface area contributed by atoms with Gasteiger partial charge >= 0.3 is 0 Å². The van der Waals surface area contributed by atoms with Gasteiger partial charge in [-0.1, -0.05) is 33.6 Å². The summed E-state index contributed by atoms with van der Waals surface area (Å²) in [5, 5.41) is 30.6. The van der Waals surface area contributed by atoms with Crippen LogP contribution in [0.15, 0.2) is 0 Å². The van der Waals surface area contributed by atoms with Crippen molar-refractivity contribution in [3.8, 4) is 0 Å². The quantitative estimate of drug-likeness (QED) is 0.720. The smallest absolute Gasteiger partial charge is 0.187 e. The molecule has 0 aliphatic carbocycles. The van der Waals surface area contributed by atoms with Gasteiger partial charge in [0.2, 0.25) is 0 Å². The molecule has 0 aromatic carbocycles. The van der Waals surface area contributed by atoms with Crippen molar-refractivity contribution in [3.05, 3.63) is 0 Å². The summed E-state index contributed by atoms with van der Waals surface area (Å²) in [6, 6.07) is 0. The van der Waals surface area contributed by atoms with Crippen molar-refractivity contribution in [2.75, 3.05) is 6.61 Å². The van der Waals surface area contributed by atoms with Crippen LogP contribution in [0.1, 0.15) is 54.4 Å². The fraction of sp³-hybridized carbons (Fsp3) is 1.00. The van der Waals surface area contributed by atoms with Gasteiger partial charge in [0, 0.05) is 5.92 Å². The number of aliphatic hydroxyl groups is 3. The van der Waals surface area contributed by atoms with E-state index in [0.29, 0.717) is 0 Å².